The molecule has 5 heteroatoms. The lowest BCUT2D eigenvalue weighted by Crippen LogP contribution is -2.46. The predicted molar refractivity (Wildman–Crippen MR) is 75.2 cm³/mol. The Morgan fingerprint density at radius 3 is 3.05 bits per heavy atom. The summed E-state index contributed by atoms with van der Waals surface area (Å²) in [4.78, 5) is 14.3. The number of rotatable bonds is 3. The molecule has 1 aromatic rings. The number of nitrogens with zero attached hydrogens (tertiary/aromatic N) is 1. The molecule has 0 aromatic heterocycles. The molecule has 1 atom stereocenters. The van der Waals surface area contributed by atoms with Gasteiger partial charge in [0.1, 0.15) is 0 Å². The van der Waals surface area contributed by atoms with Crippen molar-refractivity contribution >= 4 is 11.6 Å². The Hall–Kier alpha value is -1.59. The van der Waals surface area contributed by atoms with E-state index in [9.17, 15) is 4.79 Å². The second-order valence-electron chi connectivity index (χ2n) is 5.00. The second-order valence-corrected chi connectivity index (χ2v) is 5.00. The van der Waals surface area contributed by atoms with Crippen LogP contribution >= 0.6 is 0 Å². The van der Waals surface area contributed by atoms with Crippen molar-refractivity contribution in [3.05, 3.63) is 29.3 Å². The van der Waals surface area contributed by atoms with Gasteiger partial charge in [0.25, 0.3) is 5.91 Å². The van der Waals surface area contributed by atoms with Crippen LogP contribution in [0.2, 0.25) is 0 Å². The molecule has 1 fully saturated rings. The molecule has 1 unspecified atom stereocenters. The van der Waals surface area contributed by atoms with Crippen molar-refractivity contribution in [2.24, 2.45) is 0 Å². The van der Waals surface area contributed by atoms with Gasteiger partial charge >= 0.3 is 0 Å². The van der Waals surface area contributed by atoms with Crippen LogP contribution in [0.4, 0.5) is 5.69 Å². The summed E-state index contributed by atoms with van der Waals surface area (Å²) in [7, 11) is 2.05. The Morgan fingerprint density at radius 1 is 1.58 bits per heavy atom. The fourth-order valence-corrected chi connectivity index (χ4v) is 2.29. The lowest BCUT2D eigenvalue weighted by Gasteiger charge is -2.30. The fourth-order valence-electron chi connectivity index (χ4n) is 2.29. The van der Waals surface area contributed by atoms with Crippen molar-refractivity contribution in [2.75, 3.05) is 39.0 Å². The highest BCUT2D eigenvalue weighted by atomic mass is 16.5. The van der Waals surface area contributed by atoms with E-state index in [1.165, 1.54) is 0 Å². The fraction of sp³-hybridized carbons (Fsp3) is 0.500. The molecule has 1 aliphatic heterocycles. The number of ether oxygens (including phenoxy) is 1. The van der Waals surface area contributed by atoms with Crippen LogP contribution < -0.4 is 11.1 Å². The molecule has 1 aliphatic rings. The van der Waals surface area contributed by atoms with Gasteiger partial charge in [0.15, 0.2) is 0 Å². The molecule has 0 bridgehead atoms. The molecule has 19 heavy (non-hydrogen) atoms. The third kappa shape index (κ3) is 3.45. The minimum atomic E-state index is -0.132. The normalized spacial score (nSPS) is 20.2. The van der Waals surface area contributed by atoms with Crippen molar-refractivity contribution in [3.8, 4) is 0 Å². The largest absolute Gasteiger partial charge is 0.398 e. The smallest absolute Gasteiger partial charge is 0.253 e. The molecule has 1 aromatic carbocycles. The molecular formula is C14H21N3O2. The first-order valence-corrected chi connectivity index (χ1v) is 6.51. The van der Waals surface area contributed by atoms with Crippen molar-refractivity contribution in [1.82, 2.24) is 10.2 Å². The number of hydrogen-bond acceptors (Lipinski definition) is 4. The molecule has 3 N–H and O–H groups in total. The van der Waals surface area contributed by atoms with Gasteiger partial charge in [-0.1, -0.05) is 12.1 Å². The number of carbonyl (C=O) groups excluding carboxylic acids is 1. The van der Waals surface area contributed by atoms with Gasteiger partial charge in [-0.25, -0.2) is 0 Å². The van der Waals surface area contributed by atoms with Crippen LogP contribution in [0.5, 0.6) is 0 Å². The Kier molecular flexibility index (Phi) is 4.39. The zero-order chi connectivity index (χ0) is 13.8. The van der Waals surface area contributed by atoms with E-state index in [1.54, 1.807) is 6.07 Å². The number of nitrogen functional groups attached to an aromatic ring is 1. The molecule has 1 saturated heterocycles. The maximum absolute atomic E-state index is 12.2. The maximum Gasteiger partial charge on any atom is 0.253 e. The number of hydrogen-bond donors (Lipinski definition) is 2. The Bertz CT molecular complexity index is 442. The Balaban J connectivity index is 1.94. The maximum atomic E-state index is 12.2. The average molecular weight is 263 g/mol. The molecule has 5 nitrogen and oxygen atoms in total. The van der Waals surface area contributed by atoms with Crippen LogP contribution in [0.25, 0.3) is 0 Å². The van der Waals surface area contributed by atoms with E-state index in [0.717, 1.165) is 18.7 Å². The van der Waals surface area contributed by atoms with Crippen LogP contribution in [0.3, 0.4) is 0 Å². The highest BCUT2D eigenvalue weighted by Gasteiger charge is 2.19. The van der Waals surface area contributed by atoms with Crippen molar-refractivity contribution in [2.45, 2.75) is 13.0 Å². The number of likely N-dealkylation sites (N-methyl/N-ethyl adjacent to an activating group) is 1. The molecule has 0 spiro atoms. The molecule has 104 valence electrons. The quantitative estimate of drug-likeness (QED) is 0.785. The summed E-state index contributed by atoms with van der Waals surface area (Å²) >= 11 is 0. The lowest BCUT2D eigenvalue weighted by atomic mass is 10.1. The van der Waals surface area contributed by atoms with Gasteiger partial charge in [-0.05, 0) is 25.6 Å². The second kappa shape index (κ2) is 6.04. The van der Waals surface area contributed by atoms with Gasteiger partial charge in [-0.3, -0.25) is 4.79 Å². The van der Waals surface area contributed by atoms with Crippen molar-refractivity contribution in [3.63, 3.8) is 0 Å². The number of nitrogens with two attached hydrogens (primary N) is 1. The summed E-state index contributed by atoms with van der Waals surface area (Å²) in [5, 5.41) is 2.90. The summed E-state index contributed by atoms with van der Waals surface area (Å²) in [6.07, 6.45) is 0.0490. The summed E-state index contributed by atoms with van der Waals surface area (Å²) < 4.78 is 5.61. The standard InChI is InChI=1S/C14H21N3O2/c1-10-4-3-5-12(15)13(10)14(18)16-8-11-9-17(2)6-7-19-11/h3-5,11H,6-9,15H2,1-2H3,(H,16,18). The van der Waals surface area contributed by atoms with Gasteiger partial charge in [-0.2, -0.15) is 0 Å². The zero-order valence-electron chi connectivity index (χ0n) is 11.5. The first-order chi connectivity index (χ1) is 9.08. The highest BCUT2D eigenvalue weighted by molar-refractivity contribution is 6.00. The predicted octanol–water partition coefficient (Wildman–Crippen LogP) is 0.638. The minimum absolute atomic E-state index is 0.0490. The van der Waals surface area contributed by atoms with E-state index in [1.807, 2.05) is 19.1 Å². The topological polar surface area (TPSA) is 67.6 Å². The molecule has 0 aliphatic carbocycles. The third-order valence-electron chi connectivity index (χ3n) is 3.36. The molecule has 2 rings (SSSR count). The molecule has 0 radical (unpaired) electrons. The summed E-state index contributed by atoms with van der Waals surface area (Å²) in [5.41, 5.74) is 7.82. The van der Waals surface area contributed by atoms with Crippen LogP contribution in [0.15, 0.2) is 18.2 Å². The number of amides is 1. The number of carbonyl (C=O) groups is 1. The zero-order valence-corrected chi connectivity index (χ0v) is 11.5. The SMILES string of the molecule is Cc1cccc(N)c1C(=O)NCC1CN(C)CCO1. The summed E-state index contributed by atoms with van der Waals surface area (Å²) in [6.45, 7) is 4.88. The first kappa shape index (κ1) is 13.8. The monoisotopic (exact) mass is 263 g/mol. The van der Waals surface area contributed by atoms with Crippen LogP contribution in [-0.4, -0.2) is 50.2 Å². The Morgan fingerprint density at radius 2 is 2.37 bits per heavy atom. The van der Waals surface area contributed by atoms with E-state index < -0.39 is 0 Å². The van der Waals surface area contributed by atoms with E-state index >= 15 is 0 Å². The van der Waals surface area contributed by atoms with E-state index in [4.69, 9.17) is 10.5 Å². The number of benzene rings is 1. The van der Waals surface area contributed by atoms with Crippen LogP contribution in [-0.2, 0) is 4.74 Å². The Labute approximate surface area is 113 Å². The van der Waals surface area contributed by atoms with Gasteiger partial charge < -0.3 is 20.7 Å². The average Bonchev–Trinajstić information content (AvgIpc) is 2.36. The molecule has 1 amide bonds. The van der Waals surface area contributed by atoms with E-state index in [-0.39, 0.29) is 12.0 Å². The molecule has 0 saturated carbocycles. The number of morpholine rings is 1. The minimum Gasteiger partial charge on any atom is -0.398 e. The lowest BCUT2D eigenvalue weighted by molar-refractivity contribution is -0.0175. The van der Waals surface area contributed by atoms with Gasteiger partial charge in [0.05, 0.1) is 18.3 Å². The van der Waals surface area contributed by atoms with Crippen molar-refractivity contribution in [1.29, 1.82) is 0 Å². The molecular weight excluding hydrogens is 242 g/mol. The number of anilines is 1. The number of nitrogens with one attached hydrogen (secondary N) is 1. The first-order valence-electron chi connectivity index (χ1n) is 6.51. The summed E-state index contributed by atoms with van der Waals surface area (Å²) in [5.74, 6) is -0.132. The van der Waals surface area contributed by atoms with Crippen LogP contribution in [0, 0.1) is 6.92 Å². The van der Waals surface area contributed by atoms with E-state index in [0.29, 0.717) is 24.4 Å². The van der Waals surface area contributed by atoms with Gasteiger partial charge in [0, 0.05) is 25.3 Å². The molecule has 1 heterocycles. The highest BCUT2D eigenvalue weighted by Crippen LogP contribution is 2.15. The number of aryl methyl sites for hydroxylation is 1. The van der Waals surface area contributed by atoms with Crippen LogP contribution in [0.1, 0.15) is 15.9 Å². The summed E-state index contributed by atoms with van der Waals surface area (Å²) in [6, 6.07) is 5.48. The third-order valence-corrected chi connectivity index (χ3v) is 3.36. The van der Waals surface area contributed by atoms with E-state index in [2.05, 4.69) is 17.3 Å². The van der Waals surface area contributed by atoms with Gasteiger partial charge in [-0.15, -0.1) is 0 Å². The van der Waals surface area contributed by atoms with Crippen molar-refractivity contribution < 1.29 is 9.53 Å². The van der Waals surface area contributed by atoms with Gasteiger partial charge in [0.2, 0.25) is 0 Å².